The summed E-state index contributed by atoms with van der Waals surface area (Å²) >= 11 is 0. The summed E-state index contributed by atoms with van der Waals surface area (Å²) in [6, 6.07) is 0. The Kier molecular flexibility index (Phi) is 3.34. The number of ether oxygens (including phenoxy) is 1. The van der Waals surface area contributed by atoms with Crippen LogP contribution in [-0.4, -0.2) is 35.9 Å². The number of ketones is 2. The van der Waals surface area contributed by atoms with Gasteiger partial charge >= 0.3 is 5.97 Å². The molecule has 0 aromatic heterocycles. The molecule has 4 aliphatic rings. The van der Waals surface area contributed by atoms with Crippen molar-refractivity contribution < 1.29 is 24.2 Å². The SMILES string of the molecule is COC(=O)[C@]12C(=O)C3C(C(=O)[C@@H]1C(C)C=CC2C)[C@@H]1C[C@@H](O)[C@@H]3C1. The summed E-state index contributed by atoms with van der Waals surface area (Å²) in [7, 11) is 1.28. The van der Waals surface area contributed by atoms with Crippen LogP contribution in [0.4, 0.5) is 0 Å². The predicted octanol–water partition coefficient (Wildman–Crippen LogP) is 1.39. The van der Waals surface area contributed by atoms with E-state index in [4.69, 9.17) is 4.74 Å². The second-order valence-electron chi connectivity index (χ2n) is 8.15. The number of rotatable bonds is 1. The maximum atomic E-state index is 13.6. The zero-order chi connectivity index (χ0) is 17.4. The third-order valence-electron chi connectivity index (χ3n) is 7.28. The molecule has 4 rings (SSSR count). The Balaban J connectivity index is 1.90. The summed E-state index contributed by atoms with van der Waals surface area (Å²) < 4.78 is 5.03. The lowest BCUT2D eigenvalue weighted by Gasteiger charge is -2.52. The van der Waals surface area contributed by atoms with E-state index in [1.54, 1.807) is 0 Å². The fourth-order valence-electron chi connectivity index (χ4n) is 6.32. The molecule has 0 spiro atoms. The molecule has 4 aliphatic carbocycles. The van der Waals surface area contributed by atoms with Crippen LogP contribution in [0.3, 0.4) is 0 Å². The maximum absolute atomic E-state index is 13.6. The first kappa shape index (κ1) is 16.0. The van der Waals surface area contributed by atoms with Gasteiger partial charge in [0.2, 0.25) is 0 Å². The highest BCUT2D eigenvalue weighted by Gasteiger charge is 2.72. The van der Waals surface area contributed by atoms with Gasteiger partial charge in [0.25, 0.3) is 0 Å². The second kappa shape index (κ2) is 5.01. The molecule has 1 N–H and O–H groups in total. The second-order valence-corrected chi connectivity index (χ2v) is 8.15. The Bertz CT molecular complexity index is 652. The molecule has 0 aliphatic heterocycles. The summed E-state index contributed by atoms with van der Waals surface area (Å²) in [5, 5.41) is 10.3. The van der Waals surface area contributed by atoms with Crippen LogP contribution < -0.4 is 0 Å². The minimum atomic E-state index is -1.43. The van der Waals surface area contributed by atoms with Crippen molar-refractivity contribution in [3.05, 3.63) is 12.2 Å². The highest BCUT2D eigenvalue weighted by Crippen LogP contribution is 2.63. The van der Waals surface area contributed by atoms with Gasteiger partial charge in [-0.05, 0) is 36.5 Å². The average Bonchev–Trinajstić information content (AvgIpc) is 3.11. The van der Waals surface area contributed by atoms with Crippen LogP contribution in [0, 0.1) is 46.8 Å². The molecule has 3 saturated carbocycles. The summed E-state index contributed by atoms with van der Waals surface area (Å²) in [5.74, 6) is -2.87. The van der Waals surface area contributed by atoms with E-state index >= 15 is 0 Å². The Morgan fingerprint density at radius 3 is 2.58 bits per heavy atom. The summed E-state index contributed by atoms with van der Waals surface area (Å²) in [4.78, 5) is 39.8. The maximum Gasteiger partial charge on any atom is 0.320 e. The van der Waals surface area contributed by atoms with E-state index in [9.17, 15) is 19.5 Å². The van der Waals surface area contributed by atoms with Crippen molar-refractivity contribution in [1.29, 1.82) is 0 Å². The van der Waals surface area contributed by atoms with Crippen molar-refractivity contribution >= 4 is 17.5 Å². The summed E-state index contributed by atoms with van der Waals surface area (Å²) in [6.45, 7) is 3.72. The van der Waals surface area contributed by atoms with Crippen LogP contribution in [0.5, 0.6) is 0 Å². The summed E-state index contributed by atoms with van der Waals surface area (Å²) in [5.41, 5.74) is -1.43. The normalized spacial score (nSPS) is 52.2. The number of hydrogen-bond donors (Lipinski definition) is 1. The van der Waals surface area contributed by atoms with Gasteiger partial charge in [-0.3, -0.25) is 14.4 Å². The molecule has 0 aromatic carbocycles. The van der Waals surface area contributed by atoms with E-state index in [-0.39, 0.29) is 41.2 Å². The minimum Gasteiger partial charge on any atom is -0.468 e. The van der Waals surface area contributed by atoms with Crippen molar-refractivity contribution in [2.45, 2.75) is 32.8 Å². The molecule has 9 atom stereocenters. The Morgan fingerprint density at radius 2 is 1.92 bits per heavy atom. The zero-order valence-electron chi connectivity index (χ0n) is 14.3. The molecule has 5 nitrogen and oxygen atoms in total. The molecule has 4 unspecified atom stereocenters. The van der Waals surface area contributed by atoms with Gasteiger partial charge in [0.05, 0.1) is 13.2 Å². The highest BCUT2D eigenvalue weighted by molar-refractivity contribution is 6.14. The van der Waals surface area contributed by atoms with Crippen molar-refractivity contribution in [3.63, 3.8) is 0 Å². The lowest BCUT2D eigenvalue weighted by Crippen LogP contribution is -2.65. The van der Waals surface area contributed by atoms with E-state index in [1.165, 1.54) is 7.11 Å². The Morgan fingerprint density at radius 1 is 1.21 bits per heavy atom. The summed E-state index contributed by atoms with van der Waals surface area (Å²) in [6.07, 6.45) is 4.60. The minimum absolute atomic E-state index is 0.0353. The van der Waals surface area contributed by atoms with Crippen molar-refractivity contribution in [1.82, 2.24) is 0 Å². The van der Waals surface area contributed by atoms with Gasteiger partial charge in [0, 0.05) is 17.8 Å². The van der Waals surface area contributed by atoms with Crippen LogP contribution in [0.25, 0.3) is 0 Å². The van der Waals surface area contributed by atoms with Gasteiger partial charge in [0.15, 0.2) is 5.78 Å². The molecule has 2 bridgehead atoms. The number of aliphatic hydroxyl groups excluding tert-OH is 1. The van der Waals surface area contributed by atoms with E-state index in [0.717, 1.165) is 0 Å². The molecular weight excluding hydrogens is 308 g/mol. The predicted molar refractivity (Wildman–Crippen MR) is 84.6 cm³/mol. The number of fused-ring (bicyclic) bond motifs is 6. The quantitative estimate of drug-likeness (QED) is 0.446. The molecule has 3 fully saturated rings. The largest absolute Gasteiger partial charge is 0.468 e. The smallest absolute Gasteiger partial charge is 0.320 e. The van der Waals surface area contributed by atoms with E-state index < -0.39 is 29.3 Å². The molecule has 0 radical (unpaired) electrons. The van der Waals surface area contributed by atoms with Crippen LogP contribution >= 0.6 is 0 Å². The zero-order valence-corrected chi connectivity index (χ0v) is 14.3. The number of carbonyl (C=O) groups excluding carboxylic acids is 3. The number of esters is 1. The molecular formula is C19H24O5. The van der Waals surface area contributed by atoms with Crippen molar-refractivity contribution in [2.24, 2.45) is 46.8 Å². The molecule has 0 aromatic rings. The third-order valence-corrected chi connectivity index (χ3v) is 7.28. The third kappa shape index (κ3) is 1.62. The first-order chi connectivity index (χ1) is 11.4. The molecule has 130 valence electrons. The number of methoxy groups -OCH3 is 1. The fourth-order valence-corrected chi connectivity index (χ4v) is 6.32. The number of carbonyl (C=O) groups is 3. The van der Waals surface area contributed by atoms with E-state index in [1.807, 2.05) is 26.0 Å². The van der Waals surface area contributed by atoms with Gasteiger partial charge in [-0.2, -0.15) is 0 Å². The lowest BCUT2D eigenvalue weighted by atomic mass is 9.47. The number of Topliss-reactive ketones (excluding diaryl/α,β-unsaturated/α-hetero) is 2. The monoisotopic (exact) mass is 332 g/mol. The fraction of sp³-hybridized carbons (Fsp3) is 0.737. The lowest BCUT2D eigenvalue weighted by molar-refractivity contribution is -0.182. The molecule has 0 heterocycles. The standard InChI is InChI=1S/C19H24O5/c1-8-4-5-9(2)19(18(23)24-3)15(8)16(21)13-10-6-11(12(20)7-10)14(13)17(19)22/h4-5,8-15,20H,6-7H2,1-3H3/t8?,9?,10-,11-,12+,13?,14?,15-,19-/m0/s1. The van der Waals surface area contributed by atoms with Crippen LogP contribution in [-0.2, 0) is 19.1 Å². The van der Waals surface area contributed by atoms with Crippen molar-refractivity contribution in [2.75, 3.05) is 7.11 Å². The van der Waals surface area contributed by atoms with Crippen LogP contribution in [0.1, 0.15) is 26.7 Å². The van der Waals surface area contributed by atoms with Crippen LogP contribution in [0.15, 0.2) is 12.2 Å². The average molecular weight is 332 g/mol. The first-order valence-electron chi connectivity index (χ1n) is 8.88. The highest BCUT2D eigenvalue weighted by atomic mass is 16.5. The van der Waals surface area contributed by atoms with E-state index in [0.29, 0.717) is 12.8 Å². The molecule has 5 heteroatoms. The number of hydrogen-bond acceptors (Lipinski definition) is 5. The topological polar surface area (TPSA) is 80.7 Å². The van der Waals surface area contributed by atoms with Gasteiger partial charge < -0.3 is 9.84 Å². The van der Waals surface area contributed by atoms with Gasteiger partial charge in [0.1, 0.15) is 11.2 Å². The van der Waals surface area contributed by atoms with E-state index in [2.05, 4.69) is 0 Å². The van der Waals surface area contributed by atoms with Crippen molar-refractivity contribution in [3.8, 4) is 0 Å². The van der Waals surface area contributed by atoms with Gasteiger partial charge in [-0.1, -0.05) is 26.0 Å². The molecule has 0 saturated heterocycles. The number of aliphatic hydroxyl groups is 1. The number of allylic oxidation sites excluding steroid dienone is 2. The van der Waals surface area contributed by atoms with Gasteiger partial charge in [-0.15, -0.1) is 0 Å². The molecule has 0 amide bonds. The molecule has 24 heavy (non-hydrogen) atoms. The Hall–Kier alpha value is -1.49. The van der Waals surface area contributed by atoms with Crippen LogP contribution in [0.2, 0.25) is 0 Å². The Labute approximate surface area is 141 Å². The van der Waals surface area contributed by atoms with Gasteiger partial charge in [-0.25, -0.2) is 0 Å². The first-order valence-corrected chi connectivity index (χ1v) is 8.88.